The van der Waals surface area contributed by atoms with Crippen LogP contribution in [-0.2, 0) is 0 Å². The van der Waals surface area contributed by atoms with Gasteiger partial charge in [-0.15, -0.1) is 0 Å². The van der Waals surface area contributed by atoms with Gasteiger partial charge in [-0.2, -0.15) is 0 Å². The van der Waals surface area contributed by atoms with Crippen LogP contribution in [0, 0.1) is 0 Å². The van der Waals surface area contributed by atoms with Crippen LogP contribution in [0.1, 0.15) is 68.9 Å². The van der Waals surface area contributed by atoms with E-state index < -0.39 is 17.5 Å². The topological polar surface area (TPSA) is 118 Å². The highest BCUT2D eigenvalue weighted by molar-refractivity contribution is 6.30. The minimum absolute atomic E-state index is 0.0179. The standard InChI is InChI=1S/C21H19N3O5/c1-3-8-28-15-7-5-6-13-17(15)20(26)18-14(19(13)25)10-12(21(27)23-24-22)11-16(18)29-9-4-2/h5-7,10-11H,3-4,8-9H2,1-2H3. The molecule has 148 valence electrons. The van der Waals surface area contributed by atoms with Gasteiger partial charge in [0.25, 0.3) is 0 Å². The molecule has 1 amide bonds. The molecule has 1 aliphatic carbocycles. The number of fused-ring (bicyclic) bond motifs is 2. The fraction of sp³-hybridized carbons (Fsp3) is 0.286. The zero-order valence-corrected chi connectivity index (χ0v) is 16.1. The summed E-state index contributed by atoms with van der Waals surface area (Å²) >= 11 is 0. The lowest BCUT2D eigenvalue weighted by Crippen LogP contribution is -2.24. The molecule has 0 fully saturated rings. The van der Waals surface area contributed by atoms with Crippen molar-refractivity contribution in [1.29, 1.82) is 0 Å². The highest BCUT2D eigenvalue weighted by atomic mass is 16.5. The zero-order valence-electron chi connectivity index (χ0n) is 16.1. The van der Waals surface area contributed by atoms with Crippen LogP contribution in [0.25, 0.3) is 10.4 Å². The van der Waals surface area contributed by atoms with Gasteiger partial charge in [0.1, 0.15) is 11.5 Å². The number of hydrogen-bond donors (Lipinski definition) is 0. The van der Waals surface area contributed by atoms with Crippen molar-refractivity contribution in [2.24, 2.45) is 5.11 Å². The lowest BCUT2D eigenvalue weighted by molar-refractivity contribution is 0.0969. The molecule has 0 aliphatic heterocycles. The Kier molecular flexibility index (Phi) is 5.95. The second-order valence-corrected chi connectivity index (χ2v) is 6.43. The summed E-state index contributed by atoms with van der Waals surface area (Å²) in [5.41, 5.74) is 9.04. The van der Waals surface area contributed by atoms with Crippen LogP contribution in [0.4, 0.5) is 0 Å². The van der Waals surface area contributed by atoms with Crippen molar-refractivity contribution in [3.8, 4) is 11.5 Å². The molecule has 0 saturated carbocycles. The van der Waals surface area contributed by atoms with Gasteiger partial charge in [0, 0.05) is 21.6 Å². The number of rotatable bonds is 7. The van der Waals surface area contributed by atoms with Crippen molar-refractivity contribution in [3.63, 3.8) is 0 Å². The van der Waals surface area contributed by atoms with Gasteiger partial charge >= 0.3 is 0 Å². The Hall–Kier alpha value is -3.64. The molecule has 2 aromatic carbocycles. The average Bonchev–Trinajstić information content (AvgIpc) is 2.73. The molecule has 8 heteroatoms. The number of ketones is 2. The number of carbonyl (C=O) groups excluding carboxylic acids is 3. The number of benzene rings is 2. The molecular weight excluding hydrogens is 374 g/mol. The van der Waals surface area contributed by atoms with E-state index in [-0.39, 0.29) is 40.2 Å². The van der Waals surface area contributed by atoms with Crippen LogP contribution in [0.5, 0.6) is 11.5 Å². The van der Waals surface area contributed by atoms with Gasteiger partial charge in [-0.25, -0.2) is 0 Å². The first-order valence-corrected chi connectivity index (χ1v) is 9.28. The molecule has 0 radical (unpaired) electrons. The Morgan fingerprint density at radius 2 is 1.62 bits per heavy atom. The number of carbonyl (C=O) groups is 3. The summed E-state index contributed by atoms with van der Waals surface area (Å²) in [6.45, 7) is 4.52. The van der Waals surface area contributed by atoms with Gasteiger partial charge in [-0.3, -0.25) is 14.4 Å². The van der Waals surface area contributed by atoms with Crippen molar-refractivity contribution in [2.75, 3.05) is 13.2 Å². The van der Waals surface area contributed by atoms with Crippen molar-refractivity contribution >= 4 is 17.5 Å². The van der Waals surface area contributed by atoms with E-state index in [1.54, 1.807) is 18.2 Å². The number of azide groups is 1. The summed E-state index contributed by atoms with van der Waals surface area (Å²) < 4.78 is 11.4. The van der Waals surface area contributed by atoms with E-state index in [2.05, 4.69) is 10.0 Å². The molecule has 0 heterocycles. The van der Waals surface area contributed by atoms with Gasteiger partial charge < -0.3 is 9.47 Å². The SMILES string of the molecule is CCCOc1cccc2c1C(=O)c1c(OCCC)cc(C(=O)N=[N+]=[N-])cc1C2=O. The van der Waals surface area contributed by atoms with E-state index >= 15 is 0 Å². The zero-order chi connectivity index (χ0) is 21.0. The molecule has 29 heavy (non-hydrogen) atoms. The summed E-state index contributed by atoms with van der Waals surface area (Å²) in [5, 5.41) is 3.07. The summed E-state index contributed by atoms with van der Waals surface area (Å²) in [6, 6.07) is 7.44. The van der Waals surface area contributed by atoms with Crippen molar-refractivity contribution in [1.82, 2.24) is 0 Å². The second kappa shape index (κ2) is 8.58. The van der Waals surface area contributed by atoms with E-state index in [1.165, 1.54) is 12.1 Å². The molecule has 0 N–H and O–H groups in total. The normalized spacial score (nSPS) is 11.9. The summed E-state index contributed by atoms with van der Waals surface area (Å²) in [4.78, 5) is 41.1. The second-order valence-electron chi connectivity index (χ2n) is 6.43. The van der Waals surface area contributed by atoms with E-state index in [0.717, 1.165) is 6.42 Å². The highest BCUT2D eigenvalue weighted by Crippen LogP contribution is 2.38. The first-order chi connectivity index (χ1) is 14.0. The van der Waals surface area contributed by atoms with Crippen LogP contribution in [0.15, 0.2) is 35.4 Å². The van der Waals surface area contributed by atoms with Gasteiger partial charge in [-0.05, 0) is 41.7 Å². The molecule has 0 saturated heterocycles. The molecular formula is C21H19N3O5. The molecule has 8 nitrogen and oxygen atoms in total. The maximum Gasteiger partial charge on any atom is 0.249 e. The third-order valence-corrected chi connectivity index (χ3v) is 4.38. The summed E-state index contributed by atoms with van der Waals surface area (Å²) in [7, 11) is 0. The predicted octanol–water partition coefficient (Wildman–Crippen LogP) is 4.49. The summed E-state index contributed by atoms with van der Waals surface area (Å²) in [6.07, 6.45) is 1.41. The molecule has 0 spiro atoms. The van der Waals surface area contributed by atoms with Crippen LogP contribution in [0.3, 0.4) is 0 Å². The summed E-state index contributed by atoms with van der Waals surface area (Å²) in [5.74, 6) is -1.24. The monoisotopic (exact) mass is 393 g/mol. The van der Waals surface area contributed by atoms with Gasteiger partial charge in [0.15, 0.2) is 5.78 Å². The molecule has 3 rings (SSSR count). The third-order valence-electron chi connectivity index (χ3n) is 4.38. The fourth-order valence-electron chi connectivity index (χ4n) is 3.13. The molecule has 0 bridgehead atoms. The van der Waals surface area contributed by atoms with Crippen LogP contribution in [-0.4, -0.2) is 30.7 Å². The average molecular weight is 393 g/mol. The number of hydrogen-bond acceptors (Lipinski definition) is 5. The maximum absolute atomic E-state index is 13.3. The van der Waals surface area contributed by atoms with Crippen molar-refractivity contribution in [2.45, 2.75) is 26.7 Å². The number of nitrogens with zero attached hydrogens (tertiary/aromatic N) is 3. The minimum Gasteiger partial charge on any atom is -0.493 e. The quantitative estimate of drug-likeness (QED) is 0.333. The molecule has 0 atom stereocenters. The Morgan fingerprint density at radius 3 is 2.28 bits per heavy atom. The fourth-order valence-corrected chi connectivity index (χ4v) is 3.13. The molecule has 0 unspecified atom stereocenters. The first-order valence-electron chi connectivity index (χ1n) is 9.28. The van der Waals surface area contributed by atoms with Gasteiger partial charge in [0.2, 0.25) is 11.7 Å². The van der Waals surface area contributed by atoms with E-state index in [4.69, 9.17) is 15.0 Å². The van der Waals surface area contributed by atoms with E-state index in [0.29, 0.717) is 18.8 Å². The number of amides is 1. The van der Waals surface area contributed by atoms with E-state index in [1.807, 2.05) is 13.8 Å². The van der Waals surface area contributed by atoms with Gasteiger partial charge in [0.05, 0.1) is 24.3 Å². The number of ether oxygens (including phenoxy) is 2. The smallest absolute Gasteiger partial charge is 0.249 e. The Bertz CT molecular complexity index is 1050. The van der Waals surface area contributed by atoms with E-state index in [9.17, 15) is 14.4 Å². The molecule has 0 aromatic heterocycles. The van der Waals surface area contributed by atoms with Gasteiger partial charge in [-0.1, -0.05) is 26.0 Å². The third kappa shape index (κ3) is 3.70. The lowest BCUT2D eigenvalue weighted by Gasteiger charge is -2.23. The Labute approximate surface area is 167 Å². The van der Waals surface area contributed by atoms with Crippen LogP contribution < -0.4 is 9.47 Å². The minimum atomic E-state index is -0.859. The lowest BCUT2D eigenvalue weighted by atomic mass is 9.82. The Morgan fingerprint density at radius 1 is 0.966 bits per heavy atom. The first kappa shape index (κ1) is 20.1. The maximum atomic E-state index is 13.3. The van der Waals surface area contributed by atoms with Crippen LogP contribution >= 0.6 is 0 Å². The molecule has 1 aliphatic rings. The Balaban J connectivity index is 2.22. The van der Waals surface area contributed by atoms with Crippen molar-refractivity contribution in [3.05, 3.63) is 68.6 Å². The highest BCUT2D eigenvalue weighted by Gasteiger charge is 2.35. The predicted molar refractivity (Wildman–Crippen MR) is 105 cm³/mol. The molecule has 2 aromatic rings. The van der Waals surface area contributed by atoms with Crippen molar-refractivity contribution < 1.29 is 23.9 Å². The largest absolute Gasteiger partial charge is 0.493 e. The van der Waals surface area contributed by atoms with Crippen LogP contribution in [0.2, 0.25) is 0 Å².